The Morgan fingerprint density at radius 2 is 1.27 bits per heavy atom. The van der Waals surface area contributed by atoms with E-state index in [1.807, 2.05) is 0 Å². The van der Waals surface area contributed by atoms with Crippen molar-refractivity contribution in [1.82, 2.24) is 0 Å². The molecule has 26 heavy (non-hydrogen) atoms. The fourth-order valence-corrected chi connectivity index (χ4v) is 9.07. The molecule has 0 aliphatic carbocycles. The Hall–Kier alpha value is -2.08. The van der Waals surface area contributed by atoms with Gasteiger partial charge in [0.25, 0.3) is 0 Å². The molecule has 1 aliphatic rings. The van der Waals surface area contributed by atoms with E-state index in [1.165, 1.54) is 37.1 Å². The van der Waals surface area contributed by atoms with Crippen LogP contribution >= 0.6 is 0 Å². The standard InChI is InChI=1S/C24H16Se2/c1-3-7-20-13-17(9-10-18(20)5-1)14-24-25-16-23(26-24)22-12-11-19-6-2-4-8-21(19)15-22/h1-16H/b24-14+. The van der Waals surface area contributed by atoms with E-state index in [9.17, 15) is 0 Å². The average Bonchev–Trinajstić information content (AvgIpc) is 3.16. The zero-order valence-corrected chi connectivity index (χ0v) is 17.5. The van der Waals surface area contributed by atoms with Gasteiger partial charge in [-0.1, -0.05) is 0 Å². The first-order valence-corrected chi connectivity index (χ1v) is 12.2. The molecule has 0 spiro atoms. The van der Waals surface area contributed by atoms with Crippen molar-refractivity contribution in [3.63, 3.8) is 0 Å². The number of hydrogen-bond donors (Lipinski definition) is 0. The summed E-state index contributed by atoms with van der Waals surface area (Å²) in [5.74, 6) is 0. The molecular formula is C24H16Se2. The van der Waals surface area contributed by atoms with Crippen LogP contribution in [0.2, 0.25) is 0 Å². The summed E-state index contributed by atoms with van der Waals surface area (Å²) < 4.78 is 3.15. The van der Waals surface area contributed by atoms with Gasteiger partial charge in [-0.05, 0) is 0 Å². The first kappa shape index (κ1) is 16.1. The molecule has 4 aromatic rings. The van der Waals surface area contributed by atoms with Gasteiger partial charge in [-0.2, -0.15) is 0 Å². The molecule has 124 valence electrons. The molecule has 2 heteroatoms. The van der Waals surface area contributed by atoms with Crippen LogP contribution in [0, 0.1) is 0 Å². The first-order chi connectivity index (χ1) is 12.8. The molecule has 0 N–H and O–H groups in total. The predicted octanol–water partition coefficient (Wildman–Crippen LogP) is 5.71. The van der Waals surface area contributed by atoms with Crippen LogP contribution in [-0.2, 0) is 0 Å². The molecule has 1 aliphatic heterocycles. The number of rotatable bonds is 2. The quantitative estimate of drug-likeness (QED) is 0.335. The van der Waals surface area contributed by atoms with Gasteiger partial charge in [-0.25, -0.2) is 0 Å². The summed E-state index contributed by atoms with van der Waals surface area (Å²) in [6.07, 6.45) is 2.41. The maximum absolute atomic E-state index is 2.48. The van der Waals surface area contributed by atoms with Crippen LogP contribution in [0.1, 0.15) is 11.1 Å². The van der Waals surface area contributed by atoms with Gasteiger partial charge < -0.3 is 0 Å². The van der Waals surface area contributed by atoms with E-state index in [0.29, 0.717) is 29.9 Å². The number of benzene rings is 4. The second-order valence-electron chi connectivity index (χ2n) is 6.33. The number of hydrogen-bond acceptors (Lipinski definition) is 0. The van der Waals surface area contributed by atoms with E-state index in [4.69, 9.17) is 0 Å². The van der Waals surface area contributed by atoms with E-state index in [1.54, 1.807) is 3.37 Å². The van der Waals surface area contributed by atoms with E-state index >= 15 is 0 Å². The zero-order valence-electron chi connectivity index (χ0n) is 14.1. The Bertz CT molecular complexity index is 1180. The van der Waals surface area contributed by atoms with Crippen LogP contribution < -0.4 is 0 Å². The van der Waals surface area contributed by atoms with Crippen molar-refractivity contribution in [2.45, 2.75) is 0 Å². The van der Waals surface area contributed by atoms with Gasteiger partial charge in [0.15, 0.2) is 0 Å². The van der Waals surface area contributed by atoms with E-state index in [-0.39, 0.29) is 0 Å². The summed E-state index contributed by atoms with van der Waals surface area (Å²) >= 11 is 0.917. The monoisotopic (exact) mass is 464 g/mol. The summed E-state index contributed by atoms with van der Waals surface area (Å²) in [6.45, 7) is 0. The summed E-state index contributed by atoms with van der Waals surface area (Å²) in [5.41, 5.74) is 2.73. The van der Waals surface area contributed by atoms with Gasteiger partial charge in [0.2, 0.25) is 0 Å². The Labute approximate surface area is 165 Å². The molecule has 0 amide bonds. The second-order valence-corrected chi connectivity index (χ2v) is 11.8. The van der Waals surface area contributed by atoms with Gasteiger partial charge in [-0.15, -0.1) is 0 Å². The average molecular weight is 462 g/mol. The number of fused-ring (bicyclic) bond motifs is 2. The van der Waals surface area contributed by atoms with Crippen molar-refractivity contribution in [2.75, 3.05) is 0 Å². The maximum atomic E-state index is 2.48. The van der Waals surface area contributed by atoms with Crippen LogP contribution in [0.4, 0.5) is 0 Å². The topological polar surface area (TPSA) is 0 Å². The second kappa shape index (κ2) is 6.91. The third kappa shape index (κ3) is 3.18. The normalized spacial score (nSPS) is 15.7. The Morgan fingerprint density at radius 1 is 0.615 bits per heavy atom. The minimum atomic E-state index is 0.439. The fourth-order valence-electron chi connectivity index (χ4n) is 3.23. The summed E-state index contributed by atoms with van der Waals surface area (Å²) in [7, 11) is 0. The summed E-state index contributed by atoms with van der Waals surface area (Å²) in [6, 6.07) is 30.9. The van der Waals surface area contributed by atoms with Crippen molar-refractivity contribution in [1.29, 1.82) is 0 Å². The van der Waals surface area contributed by atoms with Crippen LogP contribution in [-0.4, -0.2) is 29.9 Å². The SMILES string of the molecule is C1=C(c2ccc3ccccc3c2)[Se]/C(=C/c2ccc3ccccc3c2)[Se]1. The Balaban J connectivity index is 1.42. The third-order valence-electron chi connectivity index (χ3n) is 4.58. The van der Waals surface area contributed by atoms with Gasteiger partial charge in [-0.3, -0.25) is 0 Å². The molecule has 0 bridgehead atoms. The molecule has 0 unspecified atom stereocenters. The molecule has 0 saturated carbocycles. The van der Waals surface area contributed by atoms with Crippen LogP contribution in [0.3, 0.4) is 0 Å². The van der Waals surface area contributed by atoms with Crippen LogP contribution in [0.25, 0.3) is 32.1 Å². The van der Waals surface area contributed by atoms with Crippen molar-refractivity contribution < 1.29 is 0 Å². The molecule has 0 fully saturated rings. The van der Waals surface area contributed by atoms with Crippen molar-refractivity contribution >= 4 is 62.0 Å². The van der Waals surface area contributed by atoms with Crippen LogP contribution in [0.15, 0.2) is 93.3 Å². The first-order valence-electron chi connectivity index (χ1n) is 8.59. The van der Waals surface area contributed by atoms with Crippen LogP contribution in [0.5, 0.6) is 0 Å². The summed E-state index contributed by atoms with van der Waals surface area (Å²) in [5, 5.41) is 5.29. The Morgan fingerprint density at radius 3 is 2.04 bits per heavy atom. The van der Waals surface area contributed by atoms with E-state index in [2.05, 4.69) is 96.0 Å². The van der Waals surface area contributed by atoms with Gasteiger partial charge in [0, 0.05) is 0 Å². The minimum absolute atomic E-state index is 0.439. The molecule has 1 heterocycles. The third-order valence-corrected chi connectivity index (χ3v) is 10.6. The van der Waals surface area contributed by atoms with Gasteiger partial charge in [0.05, 0.1) is 0 Å². The molecule has 5 rings (SSSR count). The summed E-state index contributed by atoms with van der Waals surface area (Å²) in [4.78, 5) is 2.48. The molecule has 0 aromatic heterocycles. The van der Waals surface area contributed by atoms with E-state index < -0.39 is 0 Å². The van der Waals surface area contributed by atoms with E-state index in [0.717, 1.165) is 0 Å². The Kier molecular flexibility index (Phi) is 4.28. The predicted molar refractivity (Wildman–Crippen MR) is 115 cm³/mol. The molecule has 0 nitrogen and oxygen atoms in total. The van der Waals surface area contributed by atoms with Gasteiger partial charge in [0.1, 0.15) is 0 Å². The fraction of sp³-hybridized carbons (Fsp3) is 0. The molecule has 0 atom stereocenters. The molecule has 0 radical (unpaired) electrons. The zero-order chi connectivity index (χ0) is 17.3. The van der Waals surface area contributed by atoms with Crippen molar-refractivity contribution in [2.24, 2.45) is 0 Å². The molecule has 0 saturated heterocycles. The molecular weight excluding hydrogens is 446 g/mol. The molecule has 4 aromatic carbocycles. The van der Waals surface area contributed by atoms with Gasteiger partial charge >= 0.3 is 166 Å². The van der Waals surface area contributed by atoms with Crippen molar-refractivity contribution in [3.8, 4) is 0 Å². The van der Waals surface area contributed by atoms with Crippen molar-refractivity contribution in [3.05, 3.63) is 104 Å².